The van der Waals surface area contributed by atoms with E-state index in [1.54, 1.807) is 14.2 Å². The van der Waals surface area contributed by atoms with E-state index in [4.69, 9.17) is 23.1 Å². The molecule has 0 fully saturated rings. The minimum absolute atomic E-state index is 0.0465. The summed E-state index contributed by atoms with van der Waals surface area (Å²) in [6.45, 7) is 28.3. The second-order valence-corrected chi connectivity index (χ2v) is 24.2. The predicted molar refractivity (Wildman–Crippen MR) is 173 cm³/mol. The summed E-state index contributed by atoms with van der Waals surface area (Å²) in [6, 6.07) is 6.25. The summed E-state index contributed by atoms with van der Waals surface area (Å²) in [4.78, 5) is 0. The lowest BCUT2D eigenvalue weighted by molar-refractivity contribution is -0.0274. The molecule has 1 aliphatic heterocycles. The molecule has 0 aliphatic carbocycles. The van der Waals surface area contributed by atoms with Gasteiger partial charge in [-0.15, -0.1) is 0 Å². The minimum Gasteiger partial charge on any atom is -0.543 e. The molecule has 1 heterocycles. The van der Waals surface area contributed by atoms with Crippen LogP contribution in [0.15, 0.2) is 18.2 Å². The summed E-state index contributed by atoms with van der Waals surface area (Å²) in [7, 11) is -0.487. The maximum Gasteiger partial charge on any atom is 0.250 e. The zero-order valence-electron chi connectivity index (χ0n) is 27.8. The number of rotatable bonds is 11. The van der Waals surface area contributed by atoms with Gasteiger partial charge in [0.05, 0.1) is 31.8 Å². The zero-order valence-corrected chi connectivity index (χ0v) is 29.8. The second kappa shape index (κ2) is 12.4. The van der Waals surface area contributed by atoms with E-state index in [1.165, 1.54) is 5.56 Å². The monoisotopic (exact) mass is 588 g/mol. The molecule has 7 heteroatoms. The van der Waals surface area contributed by atoms with Gasteiger partial charge in [0.25, 0.3) is 8.32 Å². The fraction of sp³-hybridized carbons (Fsp3) is 0.697. The quantitative estimate of drug-likeness (QED) is 0.244. The molecule has 0 bridgehead atoms. The molecule has 0 aromatic heterocycles. The molecule has 40 heavy (non-hydrogen) atoms. The Morgan fingerprint density at radius 2 is 1.50 bits per heavy atom. The normalized spacial score (nSPS) is 18.5. The Morgan fingerprint density at radius 1 is 0.925 bits per heavy atom. The first-order valence-electron chi connectivity index (χ1n) is 15.2. The van der Waals surface area contributed by atoms with Gasteiger partial charge in [-0.05, 0) is 54.2 Å². The summed E-state index contributed by atoms with van der Waals surface area (Å²) in [5.74, 6) is 2.62. The fourth-order valence-corrected chi connectivity index (χ4v) is 13.3. The molecule has 2 aromatic rings. The summed E-state index contributed by atoms with van der Waals surface area (Å²) in [5.41, 5.74) is 3.95. The van der Waals surface area contributed by atoms with Crippen LogP contribution in [0, 0.1) is 0 Å². The van der Waals surface area contributed by atoms with Gasteiger partial charge in [-0.25, -0.2) is 0 Å². The molecule has 0 spiro atoms. The van der Waals surface area contributed by atoms with Crippen LogP contribution in [0.4, 0.5) is 0 Å². The van der Waals surface area contributed by atoms with E-state index in [9.17, 15) is 0 Å². The number of methoxy groups -OCH3 is 2. The highest BCUT2D eigenvalue weighted by molar-refractivity contribution is 6.77. The van der Waals surface area contributed by atoms with Crippen LogP contribution in [0.25, 0.3) is 10.8 Å². The van der Waals surface area contributed by atoms with Gasteiger partial charge in [0.2, 0.25) is 0 Å². The molecule has 226 valence electrons. The van der Waals surface area contributed by atoms with Gasteiger partial charge in [-0.1, -0.05) is 74.4 Å². The van der Waals surface area contributed by atoms with E-state index < -0.39 is 16.6 Å². The molecular formula is C33H56O5Si2. The van der Waals surface area contributed by atoms with Crippen molar-refractivity contribution in [1.82, 2.24) is 0 Å². The topological polar surface area (TPSA) is 46.2 Å². The first-order chi connectivity index (χ1) is 18.5. The van der Waals surface area contributed by atoms with Gasteiger partial charge in [-0.2, -0.15) is 0 Å². The van der Waals surface area contributed by atoms with Gasteiger partial charge in [0.15, 0.2) is 8.32 Å². The predicted octanol–water partition coefficient (Wildman–Crippen LogP) is 9.83. The third kappa shape index (κ3) is 5.99. The molecular weight excluding hydrogens is 533 g/mol. The maximum absolute atomic E-state index is 6.91. The Bertz CT molecular complexity index is 1140. The van der Waals surface area contributed by atoms with E-state index >= 15 is 0 Å². The third-order valence-corrected chi connectivity index (χ3v) is 20.1. The highest BCUT2D eigenvalue weighted by Crippen LogP contribution is 2.51. The van der Waals surface area contributed by atoms with E-state index in [1.807, 2.05) is 0 Å². The molecule has 1 aliphatic rings. The number of ether oxygens (including phenoxy) is 3. The Hall–Kier alpha value is -1.55. The first kappa shape index (κ1) is 33.0. The molecule has 0 N–H and O–H groups in total. The van der Waals surface area contributed by atoms with Crippen molar-refractivity contribution in [3.05, 3.63) is 29.3 Å². The van der Waals surface area contributed by atoms with Crippen LogP contribution in [0.5, 0.6) is 17.2 Å². The molecule has 2 aromatic carbocycles. The van der Waals surface area contributed by atoms with Crippen LogP contribution in [-0.4, -0.2) is 43.6 Å². The minimum atomic E-state index is -2.09. The lowest BCUT2D eigenvalue weighted by Gasteiger charge is -2.42. The Labute approximate surface area is 246 Å². The summed E-state index contributed by atoms with van der Waals surface area (Å²) < 4.78 is 32.7. The standard InChI is InChI=1S/C33H56O5Si2/c1-21(2)40(22(3)4,23(5)6)36-19-18-25-20-27-29(24(7)37-25)31(34-11)26-16-15-17-28(30(26)32(27)35-12)38-39(13,14)33(8,9)10/h15-17,21-25H,18-20H2,1-14H3/t24-,25-/m0/s1. The van der Waals surface area contributed by atoms with E-state index in [2.05, 4.69) is 101 Å². The van der Waals surface area contributed by atoms with Crippen molar-refractivity contribution in [2.45, 2.75) is 129 Å². The van der Waals surface area contributed by atoms with Gasteiger partial charge in [0.1, 0.15) is 17.2 Å². The van der Waals surface area contributed by atoms with Crippen LogP contribution in [0.3, 0.4) is 0 Å². The average molecular weight is 589 g/mol. The highest BCUT2D eigenvalue weighted by atomic mass is 28.4. The molecule has 0 saturated heterocycles. The van der Waals surface area contributed by atoms with Crippen LogP contribution >= 0.6 is 0 Å². The van der Waals surface area contributed by atoms with E-state index in [0.29, 0.717) is 16.6 Å². The summed E-state index contributed by atoms with van der Waals surface area (Å²) in [5, 5.41) is 2.09. The second-order valence-electron chi connectivity index (χ2n) is 14.1. The molecule has 0 amide bonds. The Morgan fingerprint density at radius 3 is 2.00 bits per heavy atom. The van der Waals surface area contributed by atoms with E-state index in [-0.39, 0.29) is 17.2 Å². The van der Waals surface area contributed by atoms with Crippen molar-refractivity contribution in [2.75, 3.05) is 20.8 Å². The van der Waals surface area contributed by atoms with Crippen LogP contribution in [0.1, 0.15) is 92.9 Å². The SMILES string of the molecule is COc1c2c(c(OC)c3c(O[Si](C)(C)C(C)(C)C)cccc13)C[C@H](CCO[Si](C(C)C)(C(C)C)C(C)C)O[C@H]2C. The van der Waals surface area contributed by atoms with Crippen molar-refractivity contribution >= 4 is 27.4 Å². The van der Waals surface area contributed by atoms with Crippen LogP contribution in [-0.2, 0) is 15.6 Å². The van der Waals surface area contributed by atoms with Crippen molar-refractivity contribution in [3.8, 4) is 17.2 Å². The third-order valence-electron chi connectivity index (χ3n) is 9.66. The molecule has 3 rings (SSSR count). The fourth-order valence-electron chi connectivity index (χ4n) is 6.77. The van der Waals surface area contributed by atoms with Gasteiger partial charge < -0.3 is 23.1 Å². The van der Waals surface area contributed by atoms with Crippen molar-refractivity contribution in [3.63, 3.8) is 0 Å². The maximum atomic E-state index is 6.91. The summed E-state index contributed by atoms with van der Waals surface area (Å²) in [6.07, 6.45) is 1.54. The van der Waals surface area contributed by atoms with Crippen molar-refractivity contribution in [1.29, 1.82) is 0 Å². The molecule has 0 saturated carbocycles. The summed E-state index contributed by atoms with van der Waals surface area (Å²) >= 11 is 0. The zero-order chi connectivity index (χ0) is 30.2. The van der Waals surface area contributed by atoms with Gasteiger partial charge >= 0.3 is 0 Å². The average Bonchev–Trinajstić information content (AvgIpc) is 2.84. The van der Waals surface area contributed by atoms with Crippen LogP contribution < -0.4 is 13.9 Å². The largest absolute Gasteiger partial charge is 0.543 e. The van der Waals surface area contributed by atoms with E-state index in [0.717, 1.165) is 53.0 Å². The number of fused-ring (bicyclic) bond motifs is 2. The van der Waals surface area contributed by atoms with Gasteiger partial charge in [-0.3, -0.25) is 0 Å². The Kier molecular flexibility index (Phi) is 10.2. The Balaban J connectivity index is 2.04. The smallest absolute Gasteiger partial charge is 0.250 e. The lowest BCUT2D eigenvalue weighted by Crippen LogP contribution is -2.48. The molecule has 0 radical (unpaired) electrons. The van der Waals surface area contributed by atoms with Crippen molar-refractivity contribution in [2.24, 2.45) is 0 Å². The van der Waals surface area contributed by atoms with Crippen LogP contribution in [0.2, 0.25) is 34.8 Å². The molecule has 0 unspecified atom stereocenters. The molecule has 5 nitrogen and oxygen atoms in total. The van der Waals surface area contributed by atoms with Crippen molar-refractivity contribution < 1.29 is 23.1 Å². The number of hydrogen-bond donors (Lipinski definition) is 0. The molecule has 2 atom stereocenters. The highest BCUT2D eigenvalue weighted by Gasteiger charge is 2.45. The number of benzene rings is 2. The lowest BCUT2D eigenvalue weighted by atomic mass is 9.88. The first-order valence-corrected chi connectivity index (χ1v) is 20.3. The van der Waals surface area contributed by atoms with Gasteiger partial charge in [0, 0.05) is 29.5 Å². The number of hydrogen-bond acceptors (Lipinski definition) is 5.